The minimum absolute atomic E-state index is 0.00807. The van der Waals surface area contributed by atoms with Crippen molar-refractivity contribution < 1.29 is 5.11 Å². The van der Waals surface area contributed by atoms with Crippen LogP contribution in [-0.4, -0.2) is 39.0 Å². The molecule has 1 aromatic rings. The normalized spacial score (nSPS) is 18.1. The van der Waals surface area contributed by atoms with Crippen LogP contribution in [0.4, 0.5) is 5.69 Å². The van der Waals surface area contributed by atoms with Gasteiger partial charge in [-0.25, -0.2) is 4.68 Å². The zero-order valence-electron chi connectivity index (χ0n) is 12.4. The van der Waals surface area contributed by atoms with Crippen molar-refractivity contribution in [2.24, 2.45) is 5.92 Å². The smallest absolute Gasteiger partial charge is 0.291 e. The molecule has 1 saturated carbocycles. The molecule has 0 amide bonds. The summed E-state index contributed by atoms with van der Waals surface area (Å²) >= 11 is 7.67. The average Bonchev–Trinajstić information content (AvgIpc) is 2.42. The largest absolute Gasteiger partial charge is 0.395 e. The molecule has 2 rings (SSSR count). The number of aliphatic hydroxyl groups excluding tert-OH is 1. The van der Waals surface area contributed by atoms with Gasteiger partial charge in [0.05, 0.1) is 17.8 Å². The van der Waals surface area contributed by atoms with Crippen molar-refractivity contribution in [2.75, 3.05) is 18.2 Å². The Morgan fingerprint density at radius 2 is 2.33 bits per heavy atom. The Morgan fingerprint density at radius 3 is 2.86 bits per heavy atom. The lowest BCUT2D eigenvalue weighted by Gasteiger charge is -2.26. The van der Waals surface area contributed by atoms with Gasteiger partial charge < -0.3 is 10.4 Å². The fourth-order valence-corrected chi connectivity index (χ4v) is 3.21. The minimum atomic E-state index is -0.181. The molecule has 0 aliphatic heterocycles. The number of hydrogen-bond acceptors (Lipinski definition) is 5. The lowest BCUT2D eigenvalue weighted by atomic mass is 9.85. The van der Waals surface area contributed by atoms with Gasteiger partial charge in [-0.05, 0) is 31.9 Å². The van der Waals surface area contributed by atoms with Crippen LogP contribution in [0, 0.1) is 5.92 Å². The number of thioether (sulfide) groups is 1. The summed E-state index contributed by atoms with van der Waals surface area (Å²) in [4.78, 5) is 12.5. The second-order valence-corrected chi connectivity index (χ2v) is 7.03. The van der Waals surface area contributed by atoms with Crippen molar-refractivity contribution >= 4 is 29.1 Å². The highest BCUT2D eigenvalue weighted by atomic mass is 35.5. The van der Waals surface area contributed by atoms with E-state index in [1.54, 1.807) is 11.8 Å². The van der Waals surface area contributed by atoms with Crippen LogP contribution in [0.5, 0.6) is 0 Å². The molecule has 2 unspecified atom stereocenters. The Labute approximate surface area is 134 Å². The average molecular weight is 332 g/mol. The fourth-order valence-electron chi connectivity index (χ4n) is 2.41. The molecule has 0 saturated heterocycles. The van der Waals surface area contributed by atoms with Gasteiger partial charge in [0.1, 0.15) is 5.69 Å². The Bertz CT molecular complexity index is 529. The van der Waals surface area contributed by atoms with Crippen LogP contribution in [0.3, 0.4) is 0 Å². The maximum Gasteiger partial charge on any atom is 0.291 e. The van der Waals surface area contributed by atoms with Crippen molar-refractivity contribution in [2.45, 2.75) is 44.0 Å². The molecule has 0 radical (unpaired) electrons. The third kappa shape index (κ3) is 3.93. The first-order valence-corrected chi connectivity index (χ1v) is 8.89. The van der Waals surface area contributed by atoms with Gasteiger partial charge in [0, 0.05) is 17.8 Å². The molecule has 7 heteroatoms. The van der Waals surface area contributed by atoms with Gasteiger partial charge >= 0.3 is 0 Å². The van der Waals surface area contributed by atoms with Gasteiger partial charge in [-0.1, -0.05) is 18.0 Å². The lowest BCUT2D eigenvalue weighted by Crippen LogP contribution is -2.36. The number of nitrogens with one attached hydrogen (secondary N) is 1. The van der Waals surface area contributed by atoms with Crippen LogP contribution >= 0.6 is 23.4 Å². The second-order valence-electron chi connectivity index (χ2n) is 5.54. The predicted octanol–water partition coefficient (Wildman–Crippen LogP) is 2.22. The molecule has 0 aromatic carbocycles. The first kappa shape index (κ1) is 16.6. The maximum absolute atomic E-state index is 12.5. The molecule has 1 aromatic heterocycles. The van der Waals surface area contributed by atoms with Crippen LogP contribution in [0.2, 0.25) is 5.02 Å². The predicted molar refractivity (Wildman–Crippen MR) is 88.3 cm³/mol. The highest BCUT2D eigenvalue weighted by Crippen LogP contribution is 2.27. The molecular formula is C14H22ClN3O2S. The molecule has 1 heterocycles. The molecule has 118 valence electrons. The number of halogens is 1. The molecule has 1 fully saturated rings. The zero-order valence-corrected chi connectivity index (χ0v) is 14.0. The quantitative estimate of drug-likeness (QED) is 0.802. The van der Waals surface area contributed by atoms with Gasteiger partial charge in [-0.3, -0.25) is 4.79 Å². The fraction of sp³-hybridized carbons (Fsp3) is 0.714. The van der Waals surface area contributed by atoms with Crippen molar-refractivity contribution in [3.63, 3.8) is 0 Å². The summed E-state index contributed by atoms with van der Waals surface area (Å²) in [5.74, 6) is 0.554. The van der Waals surface area contributed by atoms with Crippen LogP contribution in [-0.2, 0) is 6.54 Å². The molecule has 1 aliphatic rings. The van der Waals surface area contributed by atoms with Crippen LogP contribution in [0.1, 0.15) is 26.2 Å². The number of aromatic nitrogens is 2. The number of hydrogen-bond donors (Lipinski definition) is 2. The van der Waals surface area contributed by atoms with E-state index in [0.717, 1.165) is 12.8 Å². The minimum Gasteiger partial charge on any atom is -0.395 e. The third-order valence-corrected chi connectivity index (χ3v) is 5.52. The summed E-state index contributed by atoms with van der Waals surface area (Å²) < 4.78 is 1.50. The lowest BCUT2D eigenvalue weighted by molar-refractivity contribution is 0.262. The van der Waals surface area contributed by atoms with E-state index in [-0.39, 0.29) is 23.5 Å². The van der Waals surface area contributed by atoms with E-state index in [1.807, 2.05) is 13.2 Å². The van der Waals surface area contributed by atoms with Gasteiger partial charge in [0.25, 0.3) is 5.56 Å². The molecule has 5 nitrogen and oxygen atoms in total. The van der Waals surface area contributed by atoms with Crippen LogP contribution in [0.15, 0.2) is 11.0 Å². The van der Waals surface area contributed by atoms with Crippen LogP contribution < -0.4 is 10.9 Å². The SMILES string of the molecule is CSC(CO)C(C)Nc1c(Cl)cnn(CC2CCC2)c1=O. The molecule has 0 bridgehead atoms. The Hall–Kier alpha value is -0.720. The summed E-state index contributed by atoms with van der Waals surface area (Å²) in [7, 11) is 0. The van der Waals surface area contributed by atoms with Crippen molar-refractivity contribution in [3.8, 4) is 0 Å². The van der Waals surface area contributed by atoms with Crippen LogP contribution in [0.25, 0.3) is 0 Å². The van der Waals surface area contributed by atoms with E-state index in [1.165, 1.54) is 17.3 Å². The summed E-state index contributed by atoms with van der Waals surface area (Å²) in [6.07, 6.45) is 7.01. The second kappa shape index (κ2) is 7.51. The Balaban J connectivity index is 2.17. The maximum atomic E-state index is 12.5. The summed E-state index contributed by atoms with van der Waals surface area (Å²) in [5, 5.41) is 16.9. The summed E-state index contributed by atoms with van der Waals surface area (Å²) in [5.41, 5.74) is 0.199. The Kier molecular flexibility index (Phi) is 5.96. The highest BCUT2D eigenvalue weighted by Gasteiger charge is 2.22. The topological polar surface area (TPSA) is 67.2 Å². The zero-order chi connectivity index (χ0) is 15.4. The van der Waals surface area contributed by atoms with E-state index in [2.05, 4.69) is 10.4 Å². The van der Waals surface area contributed by atoms with Gasteiger partial charge in [-0.2, -0.15) is 16.9 Å². The van der Waals surface area contributed by atoms with Crippen molar-refractivity contribution in [1.82, 2.24) is 9.78 Å². The van der Waals surface area contributed by atoms with E-state index in [0.29, 0.717) is 23.2 Å². The van der Waals surface area contributed by atoms with E-state index in [9.17, 15) is 9.90 Å². The molecule has 21 heavy (non-hydrogen) atoms. The van der Waals surface area contributed by atoms with Crippen molar-refractivity contribution in [3.05, 3.63) is 21.6 Å². The van der Waals surface area contributed by atoms with Gasteiger partial charge in [0.15, 0.2) is 0 Å². The van der Waals surface area contributed by atoms with E-state index in [4.69, 9.17) is 11.6 Å². The number of anilines is 1. The number of aliphatic hydroxyl groups is 1. The summed E-state index contributed by atoms with van der Waals surface area (Å²) in [6, 6.07) is -0.0604. The summed E-state index contributed by atoms with van der Waals surface area (Å²) in [6.45, 7) is 2.64. The standard InChI is InChI=1S/C14H22ClN3O2S/c1-9(12(8-19)21-2)17-13-11(15)6-16-18(14(13)20)7-10-4-3-5-10/h6,9-10,12,17,19H,3-5,7-8H2,1-2H3. The van der Waals surface area contributed by atoms with Gasteiger partial charge in [0.2, 0.25) is 0 Å². The molecule has 2 N–H and O–H groups in total. The molecule has 0 spiro atoms. The number of rotatable bonds is 7. The molecule has 2 atom stereocenters. The molecular weight excluding hydrogens is 310 g/mol. The third-order valence-electron chi connectivity index (χ3n) is 4.07. The van der Waals surface area contributed by atoms with E-state index >= 15 is 0 Å². The molecule has 1 aliphatic carbocycles. The monoisotopic (exact) mass is 331 g/mol. The van der Waals surface area contributed by atoms with Gasteiger partial charge in [-0.15, -0.1) is 0 Å². The first-order chi connectivity index (χ1) is 10.1. The first-order valence-electron chi connectivity index (χ1n) is 7.22. The Morgan fingerprint density at radius 1 is 1.62 bits per heavy atom. The number of nitrogens with zero attached hydrogens (tertiary/aromatic N) is 2. The highest BCUT2D eigenvalue weighted by molar-refractivity contribution is 7.99. The van der Waals surface area contributed by atoms with E-state index < -0.39 is 0 Å². The van der Waals surface area contributed by atoms with Crippen molar-refractivity contribution in [1.29, 1.82) is 0 Å².